The van der Waals surface area contributed by atoms with Crippen LogP contribution in [0.2, 0.25) is 0 Å². The van der Waals surface area contributed by atoms with Gasteiger partial charge in [-0.05, 0) is 80.6 Å². The monoisotopic (exact) mass is 453 g/mol. The molecule has 1 aromatic heterocycles. The van der Waals surface area contributed by atoms with E-state index in [2.05, 4.69) is 16.8 Å². The minimum absolute atomic E-state index is 0.210. The Morgan fingerprint density at radius 1 is 0.882 bits per heavy atom. The summed E-state index contributed by atoms with van der Waals surface area (Å²) in [6, 6.07) is 19.1. The molecule has 1 N–H and O–H groups in total. The highest BCUT2D eigenvalue weighted by Crippen LogP contribution is 2.30. The van der Waals surface area contributed by atoms with E-state index in [0.717, 1.165) is 22.3 Å². The first-order chi connectivity index (χ1) is 16.5. The average molecular weight is 453 g/mol. The number of imide groups is 1. The van der Waals surface area contributed by atoms with E-state index in [1.54, 1.807) is 30.3 Å². The van der Waals surface area contributed by atoms with Gasteiger partial charge in [0, 0.05) is 34.9 Å². The molecule has 0 fully saturated rings. The number of nitrogens with one attached hydrogen (secondary N) is 1. The van der Waals surface area contributed by atoms with Crippen molar-refractivity contribution in [1.29, 1.82) is 0 Å². The number of carbonyl (C=O) groups is 3. The molecule has 0 radical (unpaired) electrons. The molecular formula is C27H23N3O4. The van der Waals surface area contributed by atoms with Crippen LogP contribution in [0.15, 0.2) is 72.9 Å². The number of aryl methyl sites for hydroxylation is 1. The lowest BCUT2D eigenvalue weighted by molar-refractivity contribution is 0.0925. The molecule has 4 aromatic rings. The molecule has 3 amide bonds. The Hall–Kier alpha value is -4.39. The fourth-order valence-electron chi connectivity index (χ4n) is 4.23. The van der Waals surface area contributed by atoms with Crippen molar-refractivity contribution in [2.75, 3.05) is 16.8 Å². The number of aromatic nitrogens is 1. The van der Waals surface area contributed by atoms with Gasteiger partial charge in [-0.3, -0.25) is 14.4 Å². The quantitative estimate of drug-likeness (QED) is 0.411. The average Bonchev–Trinajstić information content (AvgIpc) is 3.37. The molecule has 170 valence electrons. The second-order valence-electron chi connectivity index (χ2n) is 7.96. The summed E-state index contributed by atoms with van der Waals surface area (Å²) in [6.45, 7) is 5.35. The number of nitrogens with zero attached hydrogens (tertiary/aromatic N) is 2. The summed E-state index contributed by atoms with van der Waals surface area (Å²) in [6.07, 6.45) is 2.01. The van der Waals surface area contributed by atoms with E-state index in [-0.39, 0.29) is 17.0 Å². The zero-order chi connectivity index (χ0) is 23.8. The highest BCUT2D eigenvalue weighted by atomic mass is 16.5. The minimum atomic E-state index is -0.457. The lowest BCUT2D eigenvalue weighted by Crippen LogP contribution is -2.29. The summed E-state index contributed by atoms with van der Waals surface area (Å²) in [4.78, 5) is 40.0. The van der Waals surface area contributed by atoms with Crippen molar-refractivity contribution < 1.29 is 19.1 Å². The number of rotatable bonds is 6. The van der Waals surface area contributed by atoms with Crippen molar-refractivity contribution in [3.63, 3.8) is 0 Å². The Morgan fingerprint density at radius 3 is 2.38 bits per heavy atom. The second kappa shape index (κ2) is 8.51. The topological polar surface area (TPSA) is 80.6 Å². The Morgan fingerprint density at radius 2 is 1.65 bits per heavy atom. The van der Waals surface area contributed by atoms with Crippen LogP contribution in [0.1, 0.15) is 44.9 Å². The van der Waals surface area contributed by atoms with Gasteiger partial charge in [-0.2, -0.15) is 0 Å². The number of carbonyl (C=O) groups excluding carboxylic acids is 3. The van der Waals surface area contributed by atoms with Gasteiger partial charge in [-0.25, -0.2) is 4.90 Å². The van der Waals surface area contributed by atoms with Crippen LogP contribution >= 0.6 is 0 Å². The largest absolute Gasteiger partial charge is 0.494 e. The van der Waals surface area contributed by atoms with E-state index in [1.807, 2.05) is 37.4 Å². The fourth-order valence-corrected chi connectivity index (χ4v) is 4.23. The maximum Gasteiger partial charge on any atom is 0.266 e. The first kappa shape index (κ1) is 21.5. The van der Waals surface area contributed by atoms with Crippen molar-refractivity contribution in [2.24, 2.45) is 0 Å². The molecule has 3 aromatic carbocycles. The van der Waals surface area contributed by atoms with Gasteiger partial charge in [0.1, 0.15) is 5.75 Å². The summed E-state index contributed by atoms with van der Waals surface area (Å²) in [5.74, 6) is -0.564. The van der Waals surface area contributed by atoms with E-state index in [0.29, 0.717) is 29.3 Å². The second-order valence-corrected chi connectivity index (χ2v) is 7.96. The molecule has 0 unspecified atom stereocenters. The molecule has 0 aliphatic carbocycles. The van der Waals surface area contributed by atoms with Gasteiger partial charge in [0.2, 0.25) is 0 Å². The van der Waals surface area contributed by atoms with Crippen molar-refractivity contribution in [3.8, 4) is 5.75 Å². The molecule has 0 spiro atoms. The van der Waals surface area contributed by atoms with Gasteiger partial charge in [0.25, 0.3) is 17.7 Å². The smallest absolute Gasteiger partial charge is 0.266 e. The van der Waals surface area contributed by atoms with Gasteiger partial charge in [-0.1, -0.05) is 0 Å². The van der Waals surface area contributed by atoms with Gasteiger partial charge < -0.3 is 14.6 Å². The van der Waals surface area contributed by atoms with Crippen LogP contribution in [0.25, 0.3) is 10.9 Å². The maximum absolute atomic E-state index is 13.1. The van der Waals surface area contributed by atoms with Crippen LogP contribution in [0, 0.1) is 0 Å². The zero-order valence-corrected chi connectivity index (χ0v) is 18.9. The number of fused-ring (bicyclic) bond motifs is 2. The number of amides is 3. The predicted octanol–water partition coefficient (Wildman–Crippen LogP) is 5.11. The Kier molecular flexibility index (Phi) is 5.37. The number of hydrogen-bond donors (Lipinski definition) is 1. The lowest BCUT2D eigenvalue weighted by Gasteiger charge is -2.14. The molecule has 34 heavy (non-hydrogen) atoms. The Bertz CT molecular complexity index is 1440. The van der Waals surface area contributed by atoms with Crippen LogP contribution in [0.4, 0.5) is 11.4 Å². The van der Waals surface area contributed by atoms with E-state index in [4.69, 9.17) is 4.74 Å². The number of hydrogen-bond acceptors (Lipinski definition) is 4. The minimum Gasteiger partial charge on any atom is -0.494 e. The third kappa shape index (κ3) is 3.61. The lowest BCUT2D eigenvalue weighted by atomic mass is 10.1. The number of benzene rings is 3. The maximum atomic E-state index is 13.1. The zero-order valence-electron chi connectivity index (χ0n) is 18.9. The molecular weight excluding hydrogens is 430 g/mol. The molecule has 0 saturated carbocycles. The van der Waals surface area contributed by atoms with Crippen molar-refractivity contribution >= 4 is 40.0 Å². The van der Waals surface area contributed by atoms with Gasteiger partial charge in [-0.15, -0.1) is 0 Å². The molecule has 1 aliphatic heterocycles. The molecule has 7 heteroatoms. The van der Waals surface area contributed by atoms with E-state index in [1.165, 1.54) is 12.1 Å². The standard InChI is InChI=1S/C27H23N3O4/c1-3-29-14-13-17-15-19(6-12-24(17)29)28-25(31)18-5-11-22-23(16-18)27(33)30(26(22)32)20-7-9-21(10-8-20)34-4-2/h5-16H,3-4H2,1-2H3,(H,28,31). The number of ether oxygens (including phenoxy) is 1. The molecule has 0 saturated heterocycles. The van der Waals surface area contributed by atoms with Crippen LogP contribution in [-0.2, 0) is 6.54 Å². The summed E-state index contributed by atoms with van der Waals surface area (Å²) in [5, 5.41) is 3.91. The SMILES string of the molecule is CCOc1ccc(N2C(=O)c3ccc(C(=O)Nc4ccc5c(ccn5CC)c4)cc3C2=O)cc1. The Balaban J connectivity index is 1.38. The van der Waals surface area contributed by atoms with Crippen LogP contribution in [-0.4, -0.2) is 28.9 Å². The first-order valence-corrected chi connectivity index (χ1v) is 11.2. The van der Waals surface area contributed by atoms with Gasteiger partial charge >= 0.3 is 0 Å². The highest BCUT2D eigenvalue weighted by Gasteiger charge is 2.37. The predicted molar refractivity (Wildman–Crippen MR) is 131 cm³/mol. The normalized spacial score (nSPS) is 12.8. The van der Waals surface area contributed by atoms with Crippen LogP contribution in [0.5, 0.6) is 5.75 Å². The van der Waals surface area contributed by atoms with E-state index in [9.17, 15) is 14.4 Å². The summed E-state index contributed by atoms with van der Waals surface area (Å²) < 4.78 is 7.55. The Labute approximate surface area is 196 Å². The molecule has 0 atom stereocenters. The van der Waals surface area contributed by atoms with E-state index >= 15 is 0 Å². The van der Waals surface area contributed by atoms with Crippen molar-refractivity contribution in [3.05, 3.63) is 89.6 Å². The van der Waals surface area contributed by atoms with Crippen LogP contribution in [0.3, 0.4) is 0 Å². The highest BCUT2D eigenvalue weighted by molar-refractivity contribution is 6.34. The molecule has 1 aliphatic rings. The summed E-state index contributed by atoms with van der Waals surface area (Å²) in [7, 11) is 0. The van der Waals surface area contributed by atoms with Crippen LogP contribution < -0.4 is 15.0 Å². The van der Waals surface area contributed by atoms with Gasteiger partial charge in [0.15, 0.2) is 0 Å². The van der Waals surface area contributed by atoms with Gasteiger partial charge in [0.05, 0.1) is 23.4 Å². The molecule has 5 rings (SSSR count). The third-order valence-electron chi connectivity index (χ3n) is 5.92. The summed E-state index contributed by atoms with van der Waals surface area (Å²) in [5.41, 5.74) is 2.99. The van der Waals surface area contributed by atoms with Crippen molar-refractivity contribution in [1.82, 2.24) is 4.57 Å². The fraction of sp³-hybridized carbons (Fsp3) is 0.148. The third-order valence-corrected chi connectivity index (χ3v) is 5.92. The van der Waals surface area contributed by atoms with E-state index < -0.39 is 11.8 Å². The molecule has 2 heterocycles. The molecule has 0 bridgehead atoms. The first-order valence-electron chi connectivity index (χ1n) is 11.2. The summed E-state index contributed by atoms with van der Waals surface area (Å²) >= 11 is 0. The molecule has 7 nitrogen and oxygen atoms in total. The van der Waals surface area contributed by atoms with Crippen molar-refractivity contribution in [2.45, 2.75) is 20.4 Å². The number of anilines is 2.